The van der Waals surface area contributed by atoms with E-state index in [9.17, 15) is 4.79 Å². The van der Waals surface area contributed by atoms with Gasteiger partial charge in [-0.05, 0) is 63.4 Å². The fourth-order valence-electron chi connectivity index (χ4n) is 3.11. The van der Waals surface area contributed by atoms with Gasteiger partial charge in [-0.3, -0.25) is 4.79 Å². The Morgan fingerprint density at radius 2 is 1.96 bits per heavy atom. The van der Waals surface area contributed by atoms with Crippen molar-refractivity contribution < 1.29 is 9.53 Å². The van der Waals surface area contributed by atoms with Crippen molar-refractivity contribution in [3.63, 3.8) is 0 Å². The molecule has 25 heavy (non-hydrogen) atoms. The van der Waals surface area contributed by atoms with Gasteiger partial charge in [-0.1, -0.05) is 29.3 Å². The van der Waals surface area contributed by atoms with Crippen molar-refractivity contribution in [2.24, 2.45) is 5.92 Å². The summed E-state index contributed by atoms with van der Waals surface area (Å²) in [6, 6.07) is 5.38. The van der Waals surface area contributed by atoms with E-state index in [4.69, 9.17) is 27.9 Å². The van der Waals surface area contributed by atoms with E-state index in [2.05, 4.69) is 10.2 Å². The lowest BCUT2D eigenvalue weighted by atomic mass is 9.83. The summed E-state index contributed by atoms with van der Waals surface area (Å²) in [5.41, 5.74) is 0.224. The minimum atomic E-state index is -0.645. The number of carbonyl (C=O) groups excluding carboxylic acids is 1. The number of nitrogens with one attached hydrogen (secondary N) is 1. The summed E-state index contributed by atoms with van der Waals surface area (Å²) < 4.78 is 5.13. The van der Waals surface area contributed by atoms with E-state index < -0.39 is 5.41 Å². The van der Waals surface area contributed by atoms with Crippen molar-refractivity contribution in [1.29, 1.82) is 0 Å². The Morgan fingerprint density at radius 3 is 2.56 bits per heavy atom. The minimum Gasteiger partial charge on any atom is -0.383 e. The van der Waals surface area contributed by atoms with Crippen LogP contribution in [0, 0.1) is 5.92 Å². The van der Waals surface area contributed by atoms with Crippen molar-refractivity contribution >= 4 is 29.1 Å². The second-order valence-corrected chi connectivity index (χ2v) is 8.06. The predicted octanol–water partition coefficient (Wildman–Crippen LogP) is 3.75. The van der Waals surface area contributed by atoms with E-state index in [-0.39, 0.29) is 5.91 Å². The Labute approximate surface area is 160 Å². The lowest BCUT2D eigenvalue weighted by Crippen LogP contribution is -2.44. The maximum atomic E-state index is 12.7. The van der Waals surface area contributed by atoms with Crippen LogP contribution in [0.1, 0.15) is 32.3 Å². The van der Waals surface area contributed by atoms with Crippen LogP contribution in [0.5, 0.6) is 0 Å². The summed E-state index contributed by atoms with van der Waals surface area (Å²) >= 11 is 12.1. The zero-order valence-corrected chi connectivity index (χ0v) is 16.8. The van der Waals surface area contributed by atoms with Gasteiger partial charge in [0.15, 0.2) is 0 Å². The van der Waals surface area contributed by atoms with Crippen LogP contribution >= 0.6 is 23.2 Å². The molecule has 0 unspecified atom stereocenters. The van der Waals surface area contributed by atoms with Gasteiger partial charge in [-0.15, -0.1) is 0 Å². The third-order valence-corrected chi connectivity index (χ3v) is 5.82. The van der Waals surface area contributed by atoms with Crippen LogP contribution in [0.25, 0.3) is 0 Å². The summed E-state index contributed by atoms with van der Waals surface area (Å²) in [6.07, 6.45) is 2.22. The standard InChI is InChI=1S/C19H28Cl2N2O2/c1-19(2,15-4-5-16(20)17(21)12-15)18(24)22-13-14-6-8-23(9-7-14)10-11-25-3/h4-5,12,14H,6-11,13H2,1-3H3,(H,22,24). The quantitative estimate of drug-likeness (QED) is 0.775. The lowest BCUT2D eigenvalue weighted by Gasteiger charge is -2.32. The molecule has 0 saturated carbocycles. The largest absolute Gasteiger partial charge is 0.383 e. The maximum absolute atomic E-state index is 12.7. The third kappa shape index (κ3) is 5.58. The zero-order chi connectivity index (χ0) is 18.4. The van der Waals surface area contributed by atoms with Gasteiger partial charge in [0.05, 0.1) is 22.1 Å². The first-order valence-electron chi connectivity index (χ1n) is 8.79. The number of halogens is 2. The molecule has 1 amide bonds. The fourth-order valence-corrected chi connectivity index (χ4v) is 3.41. The Hall–Kier alpha value is -0.810. The molecule has 1 saturated heterocycles. The first-order valence-corrected chi connectivity index (χ1v) is 9.55. The summed E-state index contributed by atoms with van der Waals surface area (Å²) in [5, 5.41) is 4.10. The molecule has 0 atom stereocenters. The summed E-state index contributed by atoms with van der Waals surface area (Å²) in [7, 11) is 1.73. The SMILES string of the molecule is COCCN1CCC(CNC(=O)C(C)(C)c2ccc(Cl)c(Cl)c2)CC1. The van der Waals surface area contributed by atoms with E-state index >= 15 is 0 Å². The van der Waals surface area contributed by atoms with E-state index in [0.29, 0.717) is 16.0 Å². The summed E-state index contributed by atoms with van der Waals surface area (Å²) in [6.45, 7) is 8.45. The van der Waals surface area contributed by atoms with Crippen molar-refractivity contribution in [1.82, 2.24) is 10.2 Å². The van der Waals surface area contributed by atoms with Crippen LogP contribution in [0.4, 0.5) is 0 Å². The van der Waals surface area contributed by atoms with E-state index in [1.165, 1.54) is 0 Å². The highest BCUT2D eigenvalue weighted by atomic mass is 35.5. The molecule has 0 radical (unpaired) electrons. The molecule has 140 valence electrons. The number of likely N-dealkylation sites (tertiary alicyclic amines) is 1. The number of benzene rings is 1. The molecule has 1 aliphatic heterocycles. The summed E-state index contributed by atoms with van der Waals surface area (Å²) in [4.78, 5) is 15.1. The Kier molecular flexibility index (Phi) is 7.56. The van der Waals surface area contributed by atoms with Crippen LogP contribution in [-0.4, -0.2) is 50.7 Å². The topological polar surface area (TPSA) is 41.6 Å². The third-order valence-electron chi connectivity index (χ3n) is 5.08. The Bertz CT molecular complexity index is 585. The van der Waals surface area contributed by atoms with Gasteiger partial charge in [0.2, 0.25) is 5.91 Å². The number of methoxy groups -OCH3 is 1. The molecule has 0 aromatic heterocycles. The monoisotopic (exact) mass is 386 g/mol. The van der Waals surface area contributed by atoms with E-state index in [0.717, 1.165) is 51.2 Å². The van der Waals surface area contributed by atoms with E-state index in [1.807, 2.05) is 19.9 Å². The molecule has 0 bridgehead atoms. The molecule has 0 aliphatic carbocycles. The highest BCUT2D eigenvalue weighted by molar-refractivity contribution is 6.42. The Morgan fingerprint density at radius 1 is 1.28 bits per heavy atom. The minimum absolute atomic E-state index is 0.0210. The Balaban J connectivity index is 1.84. The van der Waals surface area contributed by atoms with Crippen LogP contribution in [0.3, 0.4) is 0 Å². The van der Waals surface area contributed by atoms with Gasteiger partial charge >= 0.3 is 0 Å². The first kappa shape index (κ1) is 20.5. The number of piperidine rings is 1. The first-order chi connectivity index (χ1) is 11.8. The molecule has 1 aromatic rings. The van der Waals surface area contributed by atoms with Gasteiger partial charge in [-0.2, -0.15) is 0 Å². The number of ether oxygens (including phenoxy) is 1. The molecule has 1 fully saturated rings. The molecular formula is C19H28Cl2N2O2. The molecule has 2 rings (SSSR count). The smallest absolute Gasteiger partial charge is 0.230 e. The lowest BCUT2D eigenvalue weighted by molar-refractivity contribution is -0.125. The number of rotatable bonds is 7. The molecule has 1 N–H and O–H groups in total. The molecule has 6 heteroatoms. The van der Waals surface area contributed by atoms with Crippen molar-refractivity contribution in [2.45, 2.75) is 32.1 Å². The average molecular weight is 387 g/mol. The second-order valence-electron chi connectivity index (χ2n) is 7.24. The van der Waals surface area contributed by atoms with Gasteiger partial charge < -0.3 is 15.0 Å². The summed E-state index contributed by atoms with van der Waals surface area (Å²) in [5.74, 6) is 0.556. The van der Waals surface area contributed by atoms with Crippen molar-refractivity contribution in [2.75, 3.05) is 39.9 Å². The van der Waals surface area contributed by atoms with Gasteiger partial charge in [-0.25, -0.2) is 0 Å². The van der Waals surface area contributed by atoms with Gasteiger partial charge in [0, 0.05) is 20.2 Å². The van der Waals surface area contributed by atoms with Crippen molar-refractivity contribution in [3.05, 3.63) is 33.8 Å². The second kappa shape index (κ2) is 9.22. The normalized spacial score (nSPS) is 16.8. The number of hydrogen-bond acceptors (Lipinski definition) is 3. The van der Waals surface area contributed by atoms with Crippen LogP contribution in [-0.2, 0) is 14.9 Å². The van der Waals surface area contributed by atoms with Gasteiger partial charge in [0.1, 0.15) is 0 Å². The number of amides is 1. The number of nitrogens with zero attached hydrogens (tertiary/aromatic N) is 1. The molecule has 1 heterocycles. The van der Waals surface area contributed by atoms with Crippen LogP contribution in [0.15, 0.2) is 18.2 Å². The fraction of sp³-hybridized carbons (Fsp3) is 0.632. The number of carbonyl (C=O) groups is 1. The highest BCUT2D eigenvalue weighted by Gasteiger charge is 2.31. The molecule has 0 spiro atoms. The highest BCUT2D eigenvalue weighted by Crippen LogP contribution is 2.30. The molecule has 1 aliphatic rings. The van der Waals surface area contributed by atoms with Crippen LogP contribution < -0.4 is 5.32 Å². The van der Waals surface area contributed by atoms with Crippen LogP contribution in [0.2, 0.25) is 10.0 Å². The van der Waals surface area contributed by atoms with Gasteiger partial charge in [0.25, 0.3) is 0 Å². The molecule has 4 nitrogen and oxygen atoms in total. The number of hydrogen-bond donors (Lipinski definition) is 1. The molecular weight excluding hydrogens is 359 g/mol. The maximum Gasteiger partial charge on any atom is 0.230 e. The molecule has 1 aromatic carbocycles. The predicted molar refractivity (Wildman–Crippen MR) is 104 cm³/mol. The van der Waals surface area contributed by atoms with Crippen molar-refractivity contribution in [3.8, 4) is 0 Å². The average Bonchev–Trinajstić information content (AvgIpc) is 2.60. The zero-order valence-electron chi connectivity index (χ0n) is 15.3. The van der Waals surface area contributed by atoms with E-state index in [1.54, 1.807) is 19.2 Å².